The topological polar surface area (TPSA) is 24.5 Å². The van der Waals surface area contributed by atoms with Crippen LogP contribution >= 0.6 is 0 Å². The van der Waals surface area contributed by atoms with Crippen molar-refractivity contribution < 1.29 is 4.74 Å². The Morgan fingerprint density at radius 1 is 1.38 bits per heavy atom. The molecule has 1 N–H and O–H groups in total. The van der Waals surface area contributed by atoms with Crippen LogP contribution in [0.3, 0.4) is 0 Å². The van der Waals surface area contributed by atoms with Gasteiger partial charge in [-0.15, -0.1) is 0 Å². The lowest BCUT2D eigenvalue weighted by atomic mass is 10.2. The number of likely N-dealkylation sites (N-methyl/N-ethyl adjacent to an activating group) is 1. The largest absolute Gasteiger partial charge is 0.494 e. The second kappa shape index (κ2) is 5.10. The minimum Gasteiger partial charge on any atom is -0.494 e. The van der Waals surface area contributed by atoms with E-state index in [0.29, 0.717) is 0 Å². The van der Waals surface area contributed by atoms with E-state index < -0.39 is 0 Å². The van der Waals surface area contributed by atoms with Gasteiger partial charge in [-0.05, 0) is 25.5 Å². The average molecular weight is 220 g/mol. The third kappa shape index (κ3) is 2.23. The summed E-state index contributed by atoms with van der Waals surface area (Å²) in [6.07, 6.45) is 1.05. The van der Waals surface area contributed by atoms with Gasteiger partial charge in [-0.3, -0.25) is 0 Å². The molecular formula is C13H20N2O. The number of nitrogens with one attached hydrogen (secondary N) is 1. The first-order valence-electron chi connectivity index (χ1n) is 6.10. The van der Waals surface area contributed by atoms with Crippen molar-refractivity contribution in [1.82, 2.24) is 0 Å². The van der Waals surface area contributed by atoms with Gasteiger partial charge in [0.15, 0.2) is 0 Å². The normalized spacial score (nSPS) is 14.2. The van der Waals surface area contributed by atoms with Gasteiger partial charge in [-0.25, -0.2) is 0 Å². The fourth-order valence-corrected chi connectivity index (χ4v) is 2.01. The summed E-state index contributed by atoms with van der Waals surface area (Å²) in [5, 5.41) is 3.41. The molecule has 1 heterocycles. The molecule has 0 saturated heterocycles. The first kappa shape index (κ1) is 11.1. The van der Waals surface area contributed by atoms with Gasteiger partial charge in [0.1, 0.15) is 5.75 Å². The summed E-state index contributed by atoms with van der Waals surface area (Å²) < 4.78 is 5.66. The fraction of sp³-hybridized carbons (Fsp3) is 0.538. The van der Waals surface area contributed by atoms with E-state index in [1.165, 1.54) is 11.4 Å². The van der Waals surface area contributed by atoms with Crippen molar-refractivity contribution in [1.29, 1.82) is 0 Å². The predicted octanol–water partition coefficient (Wildman–Crippen LogP) is 2.73. The van der Waals surface area contributed by atoms with Gasteiger partial charge in [0.2, 0.25) is 0 Å². The Morgan fingerprint density at radius 2 is 2.25 bits per heavy atom. The summed E-state index contributed by atoms with van der Waals surface area (Å²) in [6.45, 7) is 8.24. The molecule has 0 atom stereocenters. The molecule has 2 rings (SSSR count). The molecule has 0 spiro atoms. The van der Waals surface area contributed by atoms with Crippen molar-refractivity contribution in [3.8, 4) is 5.75 Å². The Hall–Kier alpha value is -1.38. The van der Waals surface area contributed by atoms with Crippen molar-refractivity contribution in [2.45, 2.75) is 20.3 Å². The van der Waals surface area contributed by atoms with E-state index in [2.05, 4.69) is 36.2 Å². The molecule has 0 unspecified atom stereocenters. The van der Waals surface area contributed by atoms with E-state index in [0.717, 1.165) is 38.4 Å². The van der Waals surface area contributed by atoms with E-state index in [-0.39, 0.29) is 0 Å². The van der Waals surface area contributed by atoms with Crippen molar-refractivity contribution in [2.24, 2.45) is 0 Å². The number of anilines is 2. The number of hydrogen-bond acceptors (Lipinski definition) is 3. The van der Waals surface area contributed by atoms with Crippen LogP contribution in [-0.4, -0.2) is 26.2 Å². The maximum absolute atomic E-state index is 5.66. The summed E-state index contributed by atoms with van der Waals surface area (Å²) in [7, 11) is 0. The third-order valence-electron chi connectivity index (χ3n) is 2.86. The second-order valence-corrected chi connectivity index (χ2v) is 4.03. The molecule has 0 saturated carbocycles. The Kier molecular flexibility index (Phi) is 3.54. The molecule has 3 heteroatoms. The van der Waals surface area contributed by atoms with Crippen molar-refractivity contribution in [3.05, 3.63) is 18.2 Å². The molecule has 0 fully saturated rings. The van der Waals surface area contributed by atoms with Gasteiger partial charge in [0, 0.05) is 25.7 Å². The summed E-state index contributed by atoms with van der Waals surface area (Å²) >= 11 is 0. The second-order valence-electron chi connectivity index (χ2n) is 4.03. The first-order valence-corrected chi connectivity index (χ1v) is 6.10. The van der Waals surface area contributed by atoms with Crippen LogP contribution in [0.5, 0.6) is 5.75 Å². The molecule has 1 aliphatic rings. The van der Waals surface area contributed by atoms with Crippen LogP contribution in [0, 0.1) is 0 Å². The number of rotatable bonds is 4. The first-order chi connectivity index (χ1) is 7.85. The molecule has 0 bridgehead atoms. The monoisotopic (exact) mass is 220 g/mol. The molecular weight excluding hydrogens is 200 g/mol. The van der Waals surface area contributed by atoms with Crippen LogP contribution in [0.25, 0.3) is 0 Å². The highest BCUT2D eigenvalue weighted by Gasteiger charge is 2.15. The van der Waals surface area contributed by atoms with Crippen LogP contribution in [0.15, 0.2) is 18.2 Å². The minimum absolute atomic E-state index is 0.790. The average Bonchev–Trinajstić information content (AvgIpc) is 2.35. The number of fused-ring (bicyclic) bond motifs is 1. The lowest BCUT2D eigenvalue weighted by molar-refractivity contribution is 0.317. The zero-order chi connectivity index (χ0) is 11.4. The van der Waals surface area contributed by atoms with E-state index in [1.807, 2.05) is 6.07 Å². The molecule has 3 nitrogen and oxygen atoms in total. The molecule has 88 valence electrons. The fourth-order valence-electron chi connectivity index (χ4n) is 2.01. The number of ether oxygens (including phenoxy) is 1. The molecule has 0 radical (unpaired) electrons. The van der Waals surface area contributed by atoms with Gasteiger partial charge in [0.25, 0.3) is 0 Å². The van der Waals surface area contributed by atoms with Crippen molar-refractivity contribution in [3.63, 3.8) is 0 Å². The molecule has 16 heavy (non-hydrogen) atoms. The summed E-state index contributed by atoms with van der Waals surface area (Å²) in [4.78, 5) is 2.38. The Morgan fingerprint density at radius 3 is 3.00 bits per heavy atom. The predicted molar refractivity (Wildman–Crippen MR) is 68.6 cm³/mol. The SMILES string of the molecule is CCCOc1ccc2c(c1)N(CC)CCN2. The van der Waals surface area contributed by atoms with E-state index in [9.17, 15) is 0 Å². The summed E-state index contributed by atoms with van der Waals surface area (Å²) in [6, 6.07) is 6.30. The van der Waals surface area contributed by atoms with Crippen LogP contribution in [0.4, 0.5) is 11.4 Å². The van der Waals surface area contributed by atoms with Crippen LogP contribution in [0.2, 0.25) is 0 Å². The Bertz CT molecular complexity index is 352. The van der Waals surface area contributed by atoms with E-state index >= 15 is 0 Å². The minimum atomic E-state index is 0.790. The third-order valence-corrected chi connectivity index (χ3v) is 2.86. The summed E-state index contributed by atoms with van der Waals surface area (Å²) in [5.74, 6) is 0.975. The molecule has 1 aliphatic heterocycles. The highest BCUT2D eigenvalue weighted by molar-refractivity contribution is 5.73. The number of benzene rings is 1. The van der Waals surface area contributed by atoms with Crippen LogP contribution < -0.4 is 15.0 Å². The van der Waals surface area contributed by atoms with Gasteiger partial charge < -0.3 is 15.0 Å². The highest BCUT2D eigenvalue weighted by atomic mass is 16.5. The zero-order valence-corrected chi connectivity index (χ0v) is 10.1. The van der Waals surface area contributed by atoms with Gasteiger partial charge in [0.05, 0.1) is 18.0 Å². The molecule has 0 aliphatic carbocycles. The quantitative estimate of drug-likeness (QED) is 0.844. The molecule has 0 aromatic heterocycles. The van der Waals surface area contributed by atoms with E-state index in [4.69, 9.17) is 4.74 Å². The zero-order valence-electron chi connectivity index (χ0n) is 10.1. The summed E-state index contributed by atoms with van der Waals surface area (Å²) in [5.41, 5.74) is 2.49. The smallest absolute Gasteiger partial charge is 0.121 e. The van der Waals surface area contributed by atoms with Crippen LogP contribution in [-0.2, 0) is 0 Å². The lowest BCUT2D eigenvalue weighted by Gasteiger charge is -2.31. The maximum atomic E-state index is 5.66. The molecule has 1 aromatic rings. The van der Waals surface area contributed by atoms with E-state index in [1.54, 1.807) is 0 Å². The highest BCUT2D eigenvalue weighted by Crippen LogP contribution is 2.32. The standard InChI is InChI=1S/C13H20N2O/c1-3-9-16-11-5-6-12-13(10-11)15(4-2)8-7-14-12/h5-6,10,14H,3-4,7-9H2,1-2H3. The van der Waals surface area contributed by atoms with Gasteiger partial charge in [-0.1, -0.05) is 6.92 Å². The number of nitrogens with zero attached hydrogens (tertiary/aromatic N) is 1. The van der Waals surface area contributed by atoms with Crippen molar-refractivity contribution >= 4 is 11.4 Å². The Balaban J connectivity index is 2.20. The van der Waals surface area contributed by atoms with Gasteiger partial charge in [-0.2, -0.15) is 0 Å². The van der Waals surface area contributed by atoms with Crippen molar-refractivity contribution in [2.75, 3.05) is 36.5 Å². The maximum Gasteiger partial charge on any atom is 0.121 e. The lowest BCUT2D eigenvalue weighted by Crippen LogP contribution is -2.33. The van der Waals surface area contributed by atoms with Gasteiger partial charge >= 0.3 is 0 Å². The molecule has 0 amide bonds. The molecule has 1 aromatic carbocycles. The van der Waals surface area contributed by atoms with Crippen LogP contribution in [0.1, 0.15) is 20.3 Å². The number of hydrogen-bond donors (Lipinski definition) is 1. The Labute approximate surface area is 97.4 Å².